The van der Waals surface area contributed by atoms with Crippen LogP contribution in [-0.4, -0.2) is 43.9 Å². The molecule has 134 valence electrons. The van der Waals surface area contributed by atoms with Gasteiger partial charge in [0.2, 0.25) is 0 Å². The molecule has 0 fully saturated rings. The molecule has 7 heteroatoms. The van der Waals surface area contributed by atoms with Crippen LogP contribution in [0, 0.1) is 0 Å². The van der Waals surface area contributed by atoms with Gasteiger partial charge in [0.15, 0.2) is 11.6 Å². The maximum absolute atomic E-state index is 12.4. The van der Waals surface area contributed by atoms with E-state index in [4.69, 9.17) is 9.47 Å². The topological polar surface area (TPSA) is 76.6 Å². The maximum Gasteiger partial charge on any atom is 0.257 e. The molecule has 0 spiro atoms. The van der Waals surface area contributed by atoms with E-state index in [0.717, 1.165) is 25.2 Å². The number of carbonyl (C=O) groups excluding carboxylic acids is 1. The molecule has 1 heterocycles. The number of aromatic nitrogens is 2. The molecule has 0 bridgehead atoms. The quantitative estimate of drug-likeness (QED) is 0.793. The summed E-state index contributed by atoms with van der Waals surface area (Å²) in [5.41, 5.74) is 0.419. The van der Waals surface area contributed by atoms with Crippen LogP contribution >= 0.6 is 0 Å². The number of amides is 1. The van der Waals surface area contributed by atoms with Crippen molar-refractivity contribution < 1.29 is 14.3 Å². The van der Waals surface area contributed by atoms with Gasteiger partial charge in [-0.1, -0.05) is 13.3 Å². The highest BCUT2D eigenvalue weighted by atomic mass is 16.5. The molecule has 0 aliphatic heterocycles. The number of hydrogen-bond acceptors (Lipinski definition) is 6. The highest BCUT2D eigenvalue weighted by molar-refractivity contribution is 6.04. The number of ether oxygens (including phenoxy) is 2. The third-order valence-corrected chi connectivity index (χ3v) is 3.74. The van der Waals surface area contributed by atoms with Crippen molar-refractivity contribution in [2.75, 3.05) is 38.0 Å². The molecule has 0 aliphatic rings. The Balaban J connectivity index is 2.08. The van der Waals surface area contributed by atoms with Gasteiger partial charge in [0.25, 0.3) is 5.91 Å². The number of rotatable bonds is 8. The number of anilines is 2. The third kappa shape index (κ3) is 5.07. The molecule has 0 radical (unpaired) electrons. The smallest absolute Gasteiger partial charge is 0.257 e. The van der Waals surface area contributed by atoms with Crippen LogP contribution < -0.4 is 19.7 Å². The van der Waals surface area contributed by atoms with Gasteiger partial charge in [-0.2, -0.15) is 0 Å². The number of nitrogens with zero attached hydrogens (tertiary/aromatic N) is 3. The first-order valence-corrected chi connectivity index (χ1v) is 8.16. The van der Waals surface area contributed by atoms with E-state index >= 15 is 0 Å². The van der Waals surface area contributed by atoms with Crippen molar-refractivity contribution in [1.29, 1.82) is 0 Å². The molecular formula is C18H24N4O3. The van der Waals surface area contributed by atoms with E-state index in [1.807, 2.05) is 18.0 Å². The highest BCUT2D eigenvalue weighted by Gasteiger charge is 2.11. The Labute approximate surface area is 148 Å². The molecule has 2 rings (SSSR count). The van der Waals surface area contributed by atoms with E-state index in [2.05, 4.69) is 22.4 Å². The van der Waals surface area contributed by atoms with E-state index in [0.29, 0.717) is 22.9 Å². The minimum Gasteiger partial charge on any atom is -0.497 e. The van der Waals surface area contributed by atoms with Crippen molar-refractivity contribution in [3.8, 4) is 11.5 Å². The van der Waals surface area contributed by atoms with Gasteiger partial charge in [-0.15, -0.1) is 10.2 Å². The van der Waals surface area contributed by atoms with Crippen LogP contribution in [0.25, 0.3) is 0 Å². The molecule has 2 aromatic rings. The first-order valence-electron chi connectivity index (χ1n) is 8.16. The number of unbranched alkanes of at least 4 members (excludes halogenated alkanes) is 1. The van der Waals surface area contributed by atoms with E-state index in [9.17, 15) is 4.79 Å². The van der Waals surface area contributed by atoms with Crippen molar-refractivity contribution in [2.24, 2.45) is 0 Å². The van der Waals surface area contributed by atoms with Gasteiger partial charge < -0.3 is 19.7 Å². The molecular weight excluding hydrogens is 320 g/mol. The van der Waals surface area contributed by atoms with Gasteiger partial charge in [0.1, 0.15) is 11.5 Å². The van der Waals surface area contributed by atoms with Crippen molar-refractivity contribution in [3.05, 3.63) is 35.9 Å². The zero-order chi connectivity index (χ0) is 18.2. The fraction of sp³-hybridized carbons (Fsp3) is 0.389. The number of methoxy groups -OCH3 is 2. The number of benzene rings is 1. The summed E-state index contributed by atoms with van der Waals surface area (Å²) in [7, 11) is 5.05. The fourth-order valence-corrected chi connectivity index (χ4v) is 2.23. The number of carbonyl (C=O) groups is 1. The fourth-order valence-electron chi connectivity index (χ4n) is 2.23. The predicted octanol–water partition coefficient (Wildman–Crippen LogP) is 2.98. The van der Waals surface area contributed by atoms with Crippen LogP contribution in [0.15, 0.2) is 30.3 Å². The zero-order valence-electron chi connectivity index (χ0n) is 15.1. The summed E-state index contributed by atoms with van der Waals surface area (Å²) in [4.78, 5) is 14.4. The SMILES string of the molecule is CCCCN(C)c1ccc(NC(=O)c2cc(OC)cc(OC)c2)nn1. The van der Waals surface area contributed by atoms with E-state index in [1.54, 1.807) is 24.3 Å². The summed E-state index contributed by atoms with van der Waals surface area (Å²) in [5.74, 6) is 1.94. The molecule has 25 heavy (non-hydrogen) atoms. The van der Waals surface area contributed by atoms with Gasteiger partial charge >= 0.3 is 0 Å². The lowest BCUT2D eigenvalue weighted by atomic mass is 10.2. The van der Waals surface area contributed by atoms with Gasteiger partial charge in [-0.05, 0) is 30.7 Å². The zero-order valence-corrected chi connectivity index (χ0v) is 15.1. The number of nitrogens with one attached hydrogen (secondary N) is 1. The normalized spacial score (nSPS) is 10.2. The summed E-state index contributed by atoms with van der Waals surface area (Å²) < 4.78 is 10.4. The van der Waals surface area contributed by atoms with Crippen LogP contribution in [-0.2, 0) is 0 Å². The largest absolute Gasteiger partial charge is 0.497 e. The van der Waals surface area contributed by atoms with Gasteiger partial charge in [-0.25, -0.2) is 0 Å². The summed E-state index contributed by atoms with van der Waals surface area (Å²) in [6.07, 6.45) is 2.21. The van der Waals surface area contributed by atoms with Crippen molar-refractivity contribution >= 4 is 17.5 Å². The Kier molecular flexibility index (Phi) is 6.56. The molecule has 0 aliphatic carbocycles. The van der Waals surface area contributed by atoms with Crippen LogP contribution in [0.3, 0.4) is 0 Å². The molecule has 0 saturated heterocycles. The molecule has 1 amide bonds. The lowest BCUT2D eigenvalue weighted by Gasteiger charge is -2.17. The maximum atomic E-state index is 12.4. The average molecular weight is 344 g/mol. The van der Waals surface area contributed by atoms with E-state index in [1.165, 1.54) is 14.2 Å². The summed E-state index contributed by atoms with van der Waals surface area (Å²) >= 11 is 0. The Morgan fingerprint density at radius 2 is 1.80 bits per heavy atom. The minimum atomic E-state index is -0.307. The standard InChI is InChI=1S/C18H24N4O3/c1-5-6-9-22(2)17-8-7-16(20-21-17)19-18(23)13-10-14(24-3)12-15(11-13)25-4/h7-8,10-12H,5-6,9H2,1-4H3,(H,19,20,23). The van der Waals surface area contributed by atoms with Crippen LogP contribution in [0.2, 0.25) is 0 Å². The Bertz CT molecular complexity index is 682. The van der Waals surface area contributed by atoms with Gasteiger partial charge in [0, 0.05) is 25.2 Å². The van der Waals surface area contributed by atoms with Crippen molar-refractivity contribution in [1.82, 2.24) is 10.2 Å². The Morgan fingerprint density at radius 1 is 1.12 bits per heavy atom. The third-order valence-electron chi connectivity index (χ3n) is 3.74. The molecule has 0 unspecified atom stereocenters. The van der Waals surface area contributed by atoms with Crippen molar-refractivity contribution in [2.45, 2.75) is 19.8 Å². The molecule has 7 nitrogen and oxygen atoms in total. The lowest BCUT2D eigenvalue weighted by Crippen LogP contribution is -2.20. The molecule has 0 atom stereocenters. The van der Waals surface area contributed by atoms with Crippen LogP contribution in [0.4, 0.5) is 11.6 Å². The molecule has 1 N–H and O–H groups in total. The first-order chi connectivity index (χ1) is 12.1. The van der Waals surface area contributed by atoms with E-state index < -0.39 is 0 Å². The highest BCUT2D eigenvalue weighted by Crippen LogP contribution is 2.23. The Morgan fingerprint density at radius 3 is 2.32 bits per heavy atom. The van der Waals surface area contributed by atoms with Gasteiger partial charge in [0.05, 0.1) is 14.2 Å². The monoisotopic (exact) mass is 344 g/mol. The minimum absolute atomic E-state index is 0.307. The average Bonchev–Trinajstić information content (AvgIpc) is 2.66. The van der Waals surface area contributed by atoms with Crippen LogP contribution in [0.5, 0.6) is 11.5 Å². The predicted molar refractivity (Wildman–Crippen MR) is 97.7 cm³/mol. The van der Waals surface area contributed by atoms with E-state index in [-0.39, 0.29) is 5.91 Å². The summed E-state index contributed by atoms with van der Waals surface area (Å²) in [5, 5.41) is 11.0. The molecule has 0 saturated carbocycles. The lowest BCUT2D eigenvalue weighted by molar-refractivity contribution is 0.102. The second kappa shape index (κ2) is 8.86. The summed E-state index contributed by atoms with van der Waals surface area (Å²) in [6.45, 7) is 3.06. The molecule has 1 aromatic carbocycles. The Hall–Kier alpha value is -2.83. The second-order valence-corrected chi connectivity index (χ2v) is 5.61. The molecule has 1 aromatic heterocycles. The van der Waals surface area contributed by atoms with Crippen molar-refractivity contribution in [3.63, 3.8) is 0 Å². The summed E-state index contributed by atoms with van der Waals surface area (Å²) in [6, 6.07) is 8.55. The first kappa shape index (κ1) is 18.5. The second-order valence-electron chi connectivity index (χ2n) is 5.61. The van der Waals surface area contributed by atoms with Gasteiger partial charge in [-0.3, -0.25) is 4.79 Å². The number of hydrogen-bond donors (Lipinski definition) is 1. The van der Waals surface area contributed by atoms with Crippen LogP contribution in [0.1, 0.15) is 30.1 Å².